The molecule has 1 aliphatic carbocycles. The van der Waals surface area contributed by atoms with Gasteiger partial charge in [0.1, 0.15) is 15.9 Å². The van der Waals surface area contributed by atoms with Crippen molar-refractivity contribution in [2.75, 3.05) is 7.11 Å². The second-order valence-corrected chi connectivity index (χ2v) is 7.61. The highest BCUT2D eigenvalue weighted by molar-refractivity contribution is 6.37. The molecule has 160 valence electrons. The van der Waals surface area contributed by atoms with E-state index in [0.717, 1.165) is 25.7 Å². The minimum absolute atomic E-state index is 0.0205. The van der Waals surface area contributed by atoms with E-state index >= 15 is 0 Å². The van der Waals surface area contributed by atoms with Crippen LogP contribution in [0.5, 0.6) is 17.2 Å². The summed E-state index contributed by atoms with van der Waals surface area (Å²) in [6.45, 7) is 3.44. The van der Waals surface area contributed by atoms with Crippen molar-refractivity contribution < 1.29 is 19.1 Å². The molecule has 0 N–H and O–H groups in total. The van der Waals surface area contributed by atoms with Crippen LogP contribution in [0.3, 0.4) is 0 Å². The third kappa shape index (κ3) is 4.71. The molecule has 1 aliphatic rings. The predicted molar refractivity (Wildman–Crippen MR) is 119 cm³/mol. The minimum atomic E-state index is -0.220. The summed E-state index contributed by atoms with van der Waals surface area (Å²) in [6, 6.07) is 5.41. The van der Waals surface area contributed by atoms with Gasteiger partial charge in [-0.2, -0.15) is 0 Å². The number of carbonyl (C=O) groups excluding carboxylic acids is 1. The summed E-state index contributed by atoms with van der Waals surface area (Å²) >= 11 is 12.7. The van der Waals surface area contributed by atoms with Gasteiger partial charge in [-0.1, -0.05) is 41.3 Å². The van der Waals surface area contributed by atoms with E-state index in [9.17, 15) is 4.79 Å². The monoisotopic (exact) mass is 450 g/mol. The fourth-order valence-electron chi connectivity index (χ4n) is 3.49. The second kappa shape index (κ2) is 10.1. The Morgan fingerprint density at radius 2 is 1.97 bits per heavy atom. The minimum Gasteiger partial charge on any atom is -0.493 e. The highest BCUT2D eigenvalue weighted by Crippen LogP contribution is 2.44. The zero-order valence-electron chi connectivity index (χ0n) is 17.2. The van der Waals surface area contributed by atoms with Crippen molar-refractivity contribution in [2.24, 2.45) is 5.16 Å². The van der Waals surface area contributed by atoms with E-state index in [0.29, 0.717) is 22.6 Å². The van der Waals surface area contributed by atoms with Crippen molar-refractivity contribution in [3.05, 3.63) is 34.1 Å². The van der Waals surface area contributed by atoms with Crippen LogP contribution in [0.2, 0.25) is 10.3 Å². The van der Waals surface area contributed by atoms with Gasteiger partial charge < -0.3 is 14.3 Å². The maximum atomic E-state index is 12.6. The van der Waals surface area contributed by atoms with Gasteiger partial charge in [0.25, 0.3) is 0 Å². The van der Waals surface area contributed by atoms with E-state index < -0.39 is 0 Å². The average molecular weight is 451 g/mol. The number of oxime groups is 1. The van der Waals surface area contributed by atoms with E-state index in [2.05, 4.69) is 10.1 Å². The molecule has 0 aliphatic heterocycles. The SMILES string of the molecule is C/C=N\Oc1c(C(=O)CC)c(Cl)nc(Cl)c1-c1ccc(OC)c(OC2CCCC2)c1. The number of rotatable bonds is 8. The number of methoxy groups -OCH3 is 1. The number of pyridine rings is 1. The lowest BCUT2D eigenvalue weighted by Gasteiger charge is -2.18. The molecule has 0 spiro atoms. The number of Topliss-reactive ketones (excluding diaryl/α,β-unsaturated/α-hetero) is 1. The normalized spacial score (nSPS) is 14.3. The van der Waals surface area contributed by atoms with Crippen LogP contribution in [-0.2, 0) is 0 Å². The van der Waals surface area contributed by atoms with E-state index in [4.69, 9.17) is 37.5 Å². The zero-order chi connectivity index (χ0) is 21.7. The molecule has 0 radical (unpaired) electrons. The molecule has 1 fully saturated rings. The van der Waals surface area contributed by atoms with Gasteiger partial charge >= 0.3 is 0 Å². The van der Waals surface area contributed by atoms with Gasteiger partial charge in [0.05, 0.1) is 18.8 Å². The highest BCUT2D eigenvalue weighted by atomic mass is 35.5. The van der Waals surface area contributed by atoms with Crippen molar-refractivity contribution in [1.82, 2.24) is 4.98 Å². The smallest absolute Gasteiger partial charge is 0.182 e. The highest BCUT2D eigenvalue weighted by Gasteiger charge is 2.26. The molecule has 1 saturated carbocycles. The first kappa shape index (κ1) is 22.4. The molecule has 0 bridgehead atoms. The molecule has 6 nitrogen and oxygen atoms in total. The van der Waals surface area contributed by atoms with Crippen molar-refractivity contribution in [3.63, 3.8) is 0 Å². The largest absolute Gasteiger partial charge is 0.493 e. The standard InChI is InChI=1S/C22H24Cl2N2O4/c1-4-15(27)19-20(30-25-5-2)18(21(23)26-22(19)24)13-10-11-16(28-3)17(12-13)29-14-8-6-7-9-14/h5,10-12,14H,4,6-9H2,1-3H3/b25-5-. The van der Waals surface area contributed by atoms with Gasteiger partial charge in [-0.05, 0) is 50.3 Å². The molecule has 0 saturated heterocycles. The van der Waals surface area contributed by atoms with Crippen LogP contribution < -0.4 is 14.3 Å². The fraction of sp³-hybridized carbons (Fsp3) is 0.409. The van der Waals surface area contributed by atoms with E-state index in [1.165, 1.54) is 6.21 Å². The van der Waals surface area contributed by atoms with Gasteiger partial charge in [-0.3, -0.25) is 4.79 Å². The van der Waals surface area contributed by atoms with Crippen LogP contribution in [0.1, 0.15) is 56.3 Å². The van der Waals surface area contributed by atoms with Gasteiger partial charge in [0.2, 0.25) is 0 Å². The van der Waals surface area contributed by atoms with Crippen molar-refractivity contribution in [3.8, 4) is 28.4 Å². The topological polar surface area (TPSA) is 70.0 Å². The summed E-state index contributed by atoms with van der Waals surface area (Å²) in [5.41, 5.74) is 1.23. The van der Waals surface area contributed by atoms with Crippen molar-refractivity contribution >= 4 is 35.2 Å². The molecule has 1 aromatic carbocycles. The molecule has 0 amide bonds. The van der Waals surface area contributed by atoms with Gasteiger partial charge in [-0.15, -0.1) is 0 Å². The maximum absolute atomic E-state index is 12.6. The summed E-state index contributed by atoms with van der Waals surface area (Å²) in [7, 11) is 1.59. The summed E-state index contributed by atoms with van der Waals surface area (Å²) in [4.78, 5) is 22.3. The Morgan fingerprint density at radius 1 is 1.23 bits per heavy atom. The number of benzene rings is 1. The zero-order valence-corrected chi connectivity index (χ0v) is 18.7. The van der Waals surface area contributed by atoms with Crippen molar-refractivity contribution in [1.29, 1.82) is 0 Å². The van der Waals surface area contributed by atoms with E-state index in [-0.39, 0.29) is 39.9 Å². The van der Waals surface area contributed by atoms with Gasteiger partial charge in [0, 0.05) is 12.6 Å². The Bertz CT molecular complexity index is 957. The van der Waals surface area contributed by atoms with Crippen LogP contribution >= 0.6 is 23.2 Å². The quantitative estimate of drug-likeness (QED) is 0.202. The fourth-order valence-corrected chi connectivity index (χ4v) is 4.08. The van der Waals surface area contributed by atoms with E-state index in [1.807, 2.05) is 6.07 Å². The molecule has 3 rings (SSSR count). The number of ether oxygens (including phenoxy) is 2. The third-order valence-electron chi connectivity index (χ3n) is 4.96. The first-order valence-corrected chi connectivity index (χ1v) is 10.7. The van der Waals surface area contributed by atoms with Crippen LogP contribution in [0.4, 0.5) is 0 Å². The number of hydrogen-bond acceptors (Lipinski definition) is 6. The summed E-state index contributed by atoms with van der Waals surface area (Å²) in [5, 5.41) is 3.93. The molecule has 2 aromatic rings. The Balaban J connectivity index is 2.17. The molecular weight excluding hydrogens is 427 g/mol. The Kier molecular flexibility index (Phi) is 7.56. The molecule has 8 heteroatoms. The van der Waals surface area contributed by atoms with Crippen LogP contribution in [0.25, 0.3) is 11.1 Å². The number of nitrogens with zero attached hydrogens (tertiary/aromatic N) is 2. The van der Waals surface area contributed by atoms with E-state index in [1.54, 1.807) is 33.1 Å². The molecule has 1 aromatic heterocycles. The number of ketones is 1. The lowest BCUT2D eigenvalue weighted by molar-refractivity contribution is 0.0984. The van der Waals surface area contributed by atoms with Crippen LogP contribution in [0, 0.1) is 0 Å². The lowest BCUT2D eigenvalue weighted by atomic mass is 10.0. The molecule has 30 heavy (non-hydrogen) atoms. The molecular formula is C22H24Cl2N2O4. The lowest BCUT2D eigenvalue weighted by Crippen LogP contribution is -2.11. The summed E-state index contributed by atoms with van der Waals surface area (Å²) in [5.74, 6) is 1.16. The molecule has 0 unspecified atom stereocenters. The second-order valence-electron chi connectivity index (χ2n) is 6.89. The average Bonchev–Trinajstić information content (AvgIpc) is 3.24. The summed E-state index contributed by atoms with van der Waals surface area (Å²) < 4.78 is 11.7. The van der Waals surface area contributed by atoms with Gasteiger partial charge in [0.15, 0.2) is 23.0 Å². The number of hydrogen-bond donors (Lipinski definition) is 0. The Labute approximate surface area is 186 Å². The first-order valence-electron chi connectivity index (χ1n) is 9.92. The Hall–Kier alpha value is -2.31. The third-order valence-corrected chi connectivity index (χ3v) is 5.51. The number of aromatic nitrogens is 1. The molecule has 1 heterocycles. The predicted octanol–water partition coefficient (Wildman–Crippen LogP) is 6.36. The van der Waals surface area contributed by atoms with Gasteiger partial charge in [-0.25, -0.2) is 4.98 Å². The van der Waals surface area contributed by atoms with Crippen molar-refractivity contribution in [2.45, 2.75) is 52.1 Å². The van der Waals surface area contributed by atoms with Crippen LogP contribution in [0.15, 0.2) is 23.4 Å². The Morgan fingerprint density at radius 3 is 2.60 bits per heavy atom. The maximum Gasteiger partial charge on any atom is 0.182 e. The molecule has 0 atom stereocenters. The van der Waals surface area contributed by atoms with Crippen LogP contribution in [-0.4, -0.2) is 30.2 Å². The number of carbonyl (C=O) groups is 1. The summed E-state index contributed by atoms with van der Waals surface area (Å²) in [6.07, 6.45) is 6.15. The first-order chi connectivity index (χ1) is 14.5. The number of halogens is 2.